The Hall–Kier alpha value is -1.96. The van der Waals surface area contributed by atoms with Gasteiger partial charge in [0.2, 0.25) is 5.91 Å². The molecular weight excluding hydrogens is 378 g/mol. The molecule has 2 aliphatic rings. The zero-order valence-electron chi connectivity index (χ0n) is 16.3. The second-order valence-electron chi connectivity index (χ2n) is 8.00. The Morgan fingerprint density at radius 3 is 2.71 bits per heavy atom. The Labute approximate surface area is 169 Å². The number of rotatable bonds is 4. The van der Waals surface area contributed by atoms with Crippen LogP contribution in [0.5, 0.6) is 0 Å². The van der Waals surface area contributed by atoms with Crippen LogP contribution in [0.15, 0.2) is 24.3 Å². The molecule has 1 fully saturated rings. The predicted molar refractivity (Wildman–Crippen MR) is 106 cm³/mol. The van der Waals surface area contributed by atoms with Gasteiger partial charge in [0.05, 0.1) is 18.7 Å². The molecule has 0 unspecified atom stereocenters. The van der Waals surface area contributed by atoms with Crippen LogP contribution in [0.2, 0.25) is 5.02 Å². The van der Waals surface area contributed by atoms with Crippen molar-refractivity contribution in [1.82, 2.24) is 24.6 Å². The molecular formula is C20H26ClN5O2. The summed E-state index contributed by atoms with van der Waals surface area (Å²) in [6.45, 7) is 7.02. The van der Waals surface area contributed by atoms with E-state index in [0.29, 0.717) is 37.6 Å². The van der Waals surface area contributed by atoms with E-state index < -0.39 is 0 Å². The van der Waals surface area contributed by atoms with Gasteiger partial charge in [-0.25, -0.2) is 0 Å². The molecule has 1 aromatic carbocycles. The van der Waals surface area contributed by atoms with Crippen LogP contribution in [0.25, 0.3) is 0 Å². The van der Waals surface area contributed by atoms with Gasteiger partial charge in [-0.2, -0.15) is 0 Å². The summed E-state index contributed by atoms with van der Waals surface area (Å²) in [5.74, 6) is 1.84. The van der Waals surface area contributed by atoms with E-state index in [1.165, 1.54) is 0 Å². The van der Waals surface area contributed by atoms with Crippen molar-refractivity contribution in [3.63, 3.8) is 0 Å². The molecule has 8 heteroatoms. The monoisotopic (exact) mass is 403 g/mol. The summed E-state index contributed by atoms with van der Waals surface area (Å²) in [4.78, 5) is 16.4. The number of β-amino-alcohol motifs (C(OH)–C–C–N with tert-alkyl or cyclic N) is 1. The largest absolute Gasteiger partial charge is 0.392 e. The molecule has 1 saturated heterocycles. The van der Waals surface area contributed by atoms with Crippen LogP contribution < -0.4 is 0 Å². The molecule has 2 atom stereocenters. The van der Waals surface area contributed by atoms with E-state index in [9.17, 15) is 9.90 Å². The lowest BCUT2D eigenvalue weighted by atomic mass is 10.1. The number of fused-ring (bicyclic) bond motifs is 1. The summed E-state index contributed by atoms with van der Waals surface area (Å²) in [7, 11) is 0. The number of benzene rings is 1. The van der Waals surface area contributed by atoms with Crippen molar-refractivity contribution >= 4 is 17.5 Å². The van der Waals surface area contributed by atoms with Gasteiger partial charge in [-0.1, -0.05) is 37.6 Å². The van der Waals surface area contributed by atoms with Crippen molar-refractivity contribution in [1.29, 1.82) is 0 Å². The second kappa shape index (κ2) is 7.81. The first-order chi connectivity index (χ1) is 13.4. The van der Waals surface area contributed by atoms with E-state index in [0.717, 1.165) is 23.8 Å². The molecule has 2 aliphatic heterocycles. The highest BCUT2D eigenvalue weighted by Gasteiger charge is 2.37. The minimum atomic E-state index is -0.382. The fraction of sp³-hybridized carbons (Fsp3) is 0.550. The number of carbonyl (C=O) groups excluding carboxylic acids is 1. The highest BCUT2D eigenvalue weighted by Crippen LogP contribution is 2.33. The molecule has 2 aromatic rings. The topological polar surface area (TPSA) is 74.5 Å². The van der Waals surface area contributed by atoms with Crippen LogP contribution in [0.1, 0.15) is 43.5 Å². The second-order valence-corrected chi connectivity index (χ2v) is 8.44. The smallest absolute Gasteiger partial charge is 0.225 e. The van der Waals surface area contributed by atoms with E-state index in [2.05, 4.69) is 19.7 Å². The molecule has 28 heavy (non-hydrogen) atoms. The number of likely N-dealkylation sites (tertiary alicyclic amines) is 1. The third-order valence-corrected chi connectivity index (χ3v) is 5.82. The SMILES string of the molecule is CC(C)C(=O)N1CCn2c(nnc2[C@@H]2C[C@H](O)CN2Cc2ccc(Cl)cc2)C1. The van der Waals surface area contributed by atoms with E-state index in [4.69, 9.17) is 11.6 Å². The minimum absolute atomic E-state index is 0.0132. The van der Waals surface area contributed by atoms with E-state index >= 15 is 0 Å². The first-order valence-corrected chi connectivity index (χ1v) is 10.2. The highest BCUT2D eigenvalue weighted by molar-refractivity contribution is 6.30. The first kappa shape index (κ1) is 19.4. The van der Waals surface area contributed by atoms with Gasteiger partial charge in [0.25, 0.3) is 0 Å². The van der Waals surface area contributed by atoms with Crippen molar-refractivity contribution < 1.29 is 9.90 Å². The summed E-state index contributed by atoms with van der Waals surface area (Å²) >= 11 is 5.99. The number of aliphatic hydroxyl groups is 1. The van der Waals surface area contributed by atoms with Crippen LogP contribution in [-0.2, 0) is 24.4 Å². The maximum absolute atomic E-state index is 12.3. The third kappa shape index (κ3) is 3.79. The Morgan fingerprint density at radius 2 is 2.00 bits per heavy atom. The number of carbonyl (C=O) groups is 1. The van der Waals surface area contributed by atoms with Crippen LogP contribution in [0.4, 0.5) is 0 Å². The Bertz CT molecular complexity index is 851. The fourth-order valence-electron chi connectivity index (χ4n) is 4.13. The van der Waals surface area contributed by atoms with Crippen molar-refractivity contribution in [3.8, 4) is 0 Å². The molecule has 150 valence electrons. The maximum Gasteiger partial charge on any atom is 0.225 e. The van der Waals surface area contributed by atoms with E-state index in [-0.39, 0.29) is 24.0 Å². The van der Waals surface area contributed by atoms with Gasteiger partial charge in [-0.3, -0.25) is 9.69 Å². The number of hydrogen-bond acceptors (Lipinski definition) is 5. The highest BCUT2D eigenvalue weighted by atomic mass is 35.5. The first-order valence-electron chi connectivity index (χ1n) is 9.79. The molecule has 0 saturated carbocycles. The van der Waals surface area contributed by atoms with Gasteiger partial charge >= 0.3 is 0 Å². The van der Waals surface area contributed by atoms with E-state index in [1.54, 1.807) is 0 Å². The van der Waals surface area contributed by atoms with Crippen LogP contribution in [-0.4, -0.2) is 54.8 Å². The summed E-state index contributed by atoms with van der Waals surface area (Å²) < 4.78 is 2.13. The van der Waals surface area contributed by atoms with Gasteiger partial charge in [-0.05, 0) is 24.1 Å². The number of amides is 1. The lowest BCUT2D eigenvalue weighted by Crippen LogP contribution is -2.41. The zero-order valence-corrected chi connectivity index (χ0v) is 17.0. The van der Waals surface area contributed by atoms with Crippen molar-refractivity contribution in [2.45, 2.75) is 52.0 Å². The van der Waals surface area contributed by atoms with Crippen molar-refractivity contribution in [3.05, 3.63) is 46.5 Å². The van der Waals surface area contributed by atoms with Gasteiger partial charge in [0.1, 0.15) is 0 Å². The average Bonchev–Trinajstić information content (AvgIpc) is 3.25. The maximum atomic E-state index is 12.3. The molecule has 0 spiro atoms. The number of nitrogens with zero attached hydrogens (tertiary/aromatic N) is 5. The van der Waals surface area contributed by atoms with Crippen molar-refractivity contribution in [2.75, 3.05) is 13.1 Å². The molecule has 4 rings (SSSR count). The third-order valence-electron chi connectivity index (χ3n) is 5.57. The molecule has 1 aromatic heterocycles. The molecule has 0 radical (unpaired) electrons. The van der Waals surface area contributed by atoms with Gasteiger partial charge in [-0.15, -0.1) is 10.2 Å². The van der Waals surface area contributed by atoms with Crippen LogP contribution in [0.3, 0.4) is 0 Å². The lowest BCUT2D eigenvalue weighted by Gasteiger charge is -2.31. The minimum Gasteiger partial charge on any atom is -0.392 e. The summed E-state index contributed by atoms with van der Waals surface area (Å²) in [6, 6.07) is 7.81. The molecule has 0 bridgehead atoms. The quantitative estimate of drug-likeness (QED) is 0.847. The molecule has 7 nitrogen and oxygen atoms in total. The number of aromatic nitrogens is 3. The van der Waals surface area contributed by atoms with E-state index in [1.807, 2.05) is 43.0 Å². The van der Waals surface area contributed by atoms with Gasteiger partial charge in [0, 0.05) is 37.1 Å². The number of halogens is 1. The van der Waals surface area contributed by atoms with Crippen LogP contribution >= 0.6 is 11.6 Å². The Kier molecular flexibility index (Phi) is 5.40. The van der Waals surface area contributed by atoms with Gasteiger partial charge in [0.15, 0.2) is 11.6 Å². The predicted octanol–water partition coefficient (Wildman–Crippen LogP) is 2.24. The fourth-order valence-corrected chi connectivity index (χ4v) is 4.25. The summed E-state index contributed by atoms with van der Waals surface area (Å²) in [5, 5.41) is 19.8. The van der Waals surface area contributed by atoms with Crippen molar-refractivity contribution in [2.24, 2.45) is 5.92 Å². The lowest BCUT2D eigenvalue weighted by molar-refractivity contribution is -0.136. The van der Waals surface area contributed by atoms with Gasteiger partial charge < -0.3 is 14.6 Å². The average molecular weight is 404 g/mol. The zero-order chi connectivity index (χ0) is 19.8. The van der Waals surface area contributed by atoms with Crippen LogP contribution in [0, 0.1) is 5.92 Å². The molecule has 1 N–H and O–H groups in total. The Balaban J connectivity index is 1.53. The summed E-state index contributed by atoms with van der Waals surface area (Å²) in [5.41, 5.74) is 1.15. The molecule has 1 amide bonds. The standard InChI is InChI=1S/C20H26ClN5O2/c1-13(2)20(28)24-7-8-26-18(12-24)22-23-19(26)17-9-16(27)11-25(17)10-14-3-5-15(21)6-4-14/h3-6,13,16-17,27H,7-12H2,1-2H3/t16-,17-/m0/s1. The Morgan fingerprint density at radius 1 is 1.25 bits per heavy atom. The normalized spacial score (nSPS) is 22.7. The molecule has 0 aliphatic carbocycles. The summed E-state index contributed by atoms with van der Waals surface area (Å²) in [6.07, 6.45) is 0.258. The number of hydrogen-bond donors (Lipinski definition) is 1. The number of aliphatic hydroxyl groups excluding tert-OH is 1. The molecule has 3 heterocycles.